The molecule has 1 unspecified atom stereocenters. The zero-order valence-corrected chi connectivity index (χ0v) is 17.7. The molecule has 2 aliphatic carbocycles. The number of carbonyl (C=O) groups excluding carboxylic acids is 2. The number of rotatable bonds is 4. The van der Waals surface area contributed by atoms with Gasteiger partial charge < -0.3 is 0 Å². The first-order valence-electron chi connectivity index (χ1n) is 10.9. The molecular formula is C29H18N2O2. The quantitative estimate of drug-likeness (QED) is 0.282. The number of hydrogen-bond donors (Lipinski definition) is 0. The third-order valence-electron chi connectivity index (χ3n) is 6.72. The van der Waals surface area contributed by atoms with Crippen LogP contribution in [0.2, 0.25) is 0 Å². The predicted octanol–water partition coefficient (Wildman–Crippen LogP) is 6.34. The normalized spacial score (nSPS) is 16.3. The van der Waals surface area contributed by atoms with Crippen LogP contribution in [0, 0.1) is 0 Å². The van der Waals surface area contributed by atoms with Crippen LogP contribution in [0.5, 0.6) is 0 Å². The Balaban J connectivity index is 1.63. The van der Waals surface area contributed by atoms with Gasteiger partial charge in [0.1, 0.15) is 0 Å². The van der Waals surface area contributed by atoms with Crippen molar-refractivity contribution in [3.63, 3.8) is 0 Å². The van der Waals surface area contributed by atoms with E-state index in [0.717, 1.165) is 33.9 Å². The SMILES string of the molecule is O=C=NC(N=C=O)C1C=Cc2c(-c3ccc4cccc5c4c3C=CC5)ccc3cccc1c23. The Morgan fingerprint density at radius 2 is 1.42 bits per heavy atom. The van der Waals surface area contributed by atoms with Gasteiger partial charge in [-0.2, -0.15) is 9.98 Å². The van der Waals surface area contributed by atoms with Crippen LogP contribution in [0.4, 0.5) is 0 Å². The summed E-state index contributed by atoms with van der Waals surface area (Å²) < 4.78 is 0. The molecule has 1 atom stereocenters. The van der Waals surface area contributed by atoms with E-state index in [1.165, 1.54) is 27.5 Å². The molecule has 0 spiro atoms. The van der Waals surface area contributed by atoms with Gasteiger partial charge in [0.15, 0.2) is 6.17 Å². The van der Waals surface area contributed by atoms with Gasteiger partial charge in [-0.05, 0) is 61.3 Å². The second kappa shape index (κ2) is 7.65. The van der Waals surface area contributed by atoms with Crippen molar-refractivity contribution in [2.24, 2.45) is 9.98 Å². The molecule has 0 saturated heterocycles. The molecule has 0 fully saturated rings. The summed E-state index contributed by atoms with van der Waals surface area (Å²) in [5.74, 6) is -0.333. The van der Waals surface area contributed by atoms with Gasteiger partial charge in [0, 0.05) is 5.92 Å². The van der Waals surface area contributed by atoms with Crippen LogP contribution in [0.25, 0.3) is 44.8 Å². The second-order valence-electron chi connectivity index (χ2n) is 8.36. The summed E-state index contributed by atoms with van der Waals surface area (Å²) in [5.41, 5.74) is 7.04. The van der Waals surface area contributed by atoms with Crippen molar-refractivity contribution < 1.29 is 9.59 Å². The van der Waals surface area contributed by atoms with Crippen LogP contribution in [0.3, 0.4) is 0 Å². The fourth-order valence-corrected chi connectivity index (χ4v) is 5.35. The Bertz CT molecular complexity index is 1600. The topological polar surface area (TPSA) is 58.9 Å². The molecule has 0 aliphatic heterocycles. The highest BCUT2D eigenvalue weighted by atomic mass is 16.1. The van der Waals surface area contributed by atoms with Crippen molar-refractivity contribution in [2.45, 2.75) is 18.5 Å². The van der Waals surface area contributed by atoms with Gasteiger partial charge in [-0.3, -0.25) is 0 Å². The van der Waals surface area contributed by atoms with Crippen molar-refractivity contribution in [3.05, 3.63) is 95.1 Å². The zero-order chi connectivity index (χ0) is 22.4. The number of aliphatic imine (C=N–C) groups is 2. The summed E-state index contributed by atoms with van der Waals surface area (Å²) in [7, 11) is 0. The van der Waals surface area contributed by atoms with E-state index in [4.69, 9.17) is 0 Å². The smallest absolute Gasteiger partial charge is 0.211 e. The van der Waals surface area contributed by atoms with E-state index in [9.17, 15) is 9.59 Å². The first-order valence-corrected chi connectivity index (χ1v) is 10.9. The van der Waals surface area contributed by atoms with E-state index in [2.05, 4.69) is 76.7 Å². The summed E-state index contributed by atoms with van der Waals surface area (Å²) in [4.78, 5) is 29.4. The maximum atomic E-state index is 11.0. The van der Waals surface area contributed by atoms with Gasteiger partial charge in [-0.25, -0.2) is 9.59 Å². The molecule has 0 heterocycles. The first kappa shape index (κ1) is 19.3. The summed E-state index contributed by atoms with van der Waals surface area (Å²) in [5, 5.41) is 4.75. The van der Waals surface area contributed by atoms with Gasteiger partial charge in [0.2, 0.25) is 12.2 Å². The molecule has 0 amide bonds. The minimum atomic E-state index is -0.869. The highest BCUT2D eigenvalue weighted by Gasteiger charge is 2.27. The standard InChI is InChI=1S/C29H18N2O2/c32-16-30-29(31-17-33)26-15-14-25-22(13-11-20-7-3-9-24(26)28(20)25)21-12-10-19-5-1-4-18-6-2-8-23(21)27(18)19/h1-5,7-15,26,29H,6H2. The summed E-state index contributed by atoms with van der Waals surface area (Å²) >= 11 is 0. The fraction of sp³-hybridized carbons (Fsp3) is 0.103. The minimum absolute atomic E-state index is 0.333. The average molecular weight is 426 g/mol. The molecule has 4 nitrogen and oxygen atoms in total. The lowest BCUT2D eigenvalue weighted by atomic mass is 9.80. The summed E-state index contributed by atoms with van der Waals surface area (Å²) in [6.07, 6.45) is 11.7. The lowest BCUT2D eigenvalue weighted by molar-refractivity contribution is 0.541. The molecule has 0 saturated carbocycles. The first-order chi connectivity index (χ1) is 16.3. The molecule has 0 N–H and O–H groups in total. The van der Waals surface area contributed by atoms with E-state index in [-0.39, 0.29) is 5.92 Å². The van der Waals surface area contributed by atoms with Crippen molar-refractivity contribution >= 4 is 45.9 Å². The van der Waals surface area contributed by atoms with Crippen LogP contribution in [0.1, 0.15) is 28.2 Å². The average Bonchev–Trinajstić information content (AvgIpc) is 2.85. The lowest BCUT2D eigenvalue weighted by Crippen LogP contribution is -2.15. The zero-order valence-electron chi connectivity index (χ0n) is 17.7. The molecule has 6 rings (SSSR count). The van der Waals surface area contributed by atoms with Gasteiger partial charge in [-0.15, -0.1) is 0 Å². The van der Waals surface area contributed by atoms with Gasteiger partial charge >= 0.3 is 0 Å². The third-order valence-corrected chi connectivity index (χ3v) is 6.72. The molecule has 4 aromatic rings. The van der Waals surface area contributed by atoms with Crippen molar-refractivity contribution in [3.8, 4) is 11.1 Å². The second-order valence-corrected chi connectivity index (χ2v) is 8.36. The van der Waals surface area contributed by atoms with E-state index in [0.29, 0.717) is 0 Å². The number of nitrogens with zero attached hydrogens (tertiary/aromatic N) is 2. The van der Waals surface area contributed by atoms with Crippen molar-refractivity contribution in [2.75, 3.05) is 0 Å². The monoisotopic (exact) mass is 426 g/mol. The van der Waals surface area contributed by atoms with Crippen molar-refractivity contribution in [1.82, 2.24) is 0 Å². The summed E-state index contributed by atoms with van der Waals surface area (Å²) in [6, 6.07) is 21.3. The lowest BCUT2D eigenvalue weighted by Gasteiger charge is -2.25. The Morgan fingerprint density at radius 3 is 2.15 bits per heavy atom. The largest absolute Gasteiger partial charge is 0.237 e. The molecule has 0 bridgehead atoms. The van der Waals surface area contributed by atoms with Gasteiger partial charge in [-0.1, -0.05) is 85.0 Å². The van der Waals surface area contributed by atoms with Crippen LogP contribution in [-0.2, 0) is 16.0 Å². The molecule has 0 radical (unpaired) electrons. The molecule has 156 valence electrons. The Hall–Kier alpha value is -4.36. The minimum Gasteiger partial charge on any atom is -0.211 e. The van der Waals surface area contributed by atoms with Crippen LogP contribution in [0.15, 0.2) is 82.8 Å². The molecule has 4 heteroatoms. The molecule has 2 aliphatic rings. The van der Waals surface area contributed by atoms with E-state index < -0.39 is 6.17 Å². The van der Waals surface area contributed by atoms with Gasteiger partial charge in [0.25, 0.3) is 0 Å². The molecule has 0 aromatic heterocycles. The maximum absolute atomic E-state index is 11.0. The number of benzene rings is 4. The highest BCUT2D eigenvalue weighted by molar-refractivity contribution is 6.06. The van der Waals surface area contributed by atoms with E-state index >= 15 is 0 Å². The van der Waals surface area contributed by atoms with E-state index in [1.807, 2.05) is 18.2 Å². The molecule has 4 aromatic carbocycles. The maximum Gasteiger partial charge on any atom is 0.237 e. The molecule has 33 heavy (non-hydrogen) atoms. The van der Waals surface area contributed by atoms with Gasteiger partial charge in [0.05, 0.1) is 0 Å². The van der Waals surface area contributed by atoms with E-state index in [1.54, 1.807) is 12.2 Å². The van der Waals surface area contributed by atoms with Crippen molar-refractivity contribution in [1.29, 1.82) is 0 Å². The van der Waals surface area contributed by atoms with Crippen LogP contribution >= 0.6 is 0 Å². The Kier molecular flexibility index (Phi) is 4.48. The fourth-order valence-electron chi connectivity index (χ4n) is 5.35. The molecular weight excluding hydrogens is 408 g/mol. The Morgan fingerprint density at radius 1 is 0.758 bits per heavy atom. The third kappa shape index (κ3) is 2.94. The van der Waals surface area contributed by atoms with Crippen LogP contribution in [-0.4, -0.2) is 18.3 Å². The number of allylic oxidation sites excluding steroid dienone is 1. The highest BCUT2D eigenvalue weighted by Crippen LogP contribution is 2.44. The Labute approximate surface area is 190 Å². The predicted molar refractivity (Wildman–Crippen MR) is 131 cm³/mol. The summed E-state index contributed by atoms with van der Waals surface area (Å²) in [6.45, 7) is 0. The number of hydrogen-bond acceptors (Lipinski definition) is 4. The van der Waals surface area contributed by atoms with Crippen LogP contribution < -0.4 is 0 Å². The number of isocyanates is 2.